The number of nitrogens with zero attached hydrogens (tertiary/aromatic N) is 4. The van der Waals surface area contributed by atoms with Crippen molar-refractivity contribution in [3.8, 4) is 5.69 Å². The molecule has 0 aliphatic rings. The van der Waals surface area contributed by atoms with Crippen molar-refractivity contribution in [3.05, 3.63) is 35.1 Å². The molecule has 0 fully saturated rings. The van der Waals surface area contributed by atoms with Crippen molar-refractivity contribution in [3.63, 3.8) is 0 Å². The van der Waals surface area contributed by atoms with Crippen LogP contribution in [0.1, 0.15) is 45.1 Å². The first kappa shape index (κ1) is 15.9. The van der Waals surface area contributed by atoms with Crippen LogP contribution in [0.2, 0.25) is 0 Å². The lowest BCUT2D eigenvalue weighted by molar-refractivity contribution is 0.241. The zero-order chi connectivity index (χ0) is 15.1. The van der Waals surface area contributed by atoms with Gasteiger partial charge in [0.1, 0.15) is 0 Å². The molecule has 114 valence electrons. The van der Waals surface area contributed by atoms with Gasteiger partial charge in [-0.05, 0) is 47.6 Å². The molecule has 0 bridgehead atoms. The Balaban J connectivity index is 2.22. The maximum absolute atomic E-state index is 9.27. The molecule has 1 N–H and O–H groups in total. The van der Waals surface area contributed by atoms with Gasteiger partial charge in [-0.25, -0.2) is 4.68 Å². The van der Waals surface area contributed by atoms with E-state index >= 15 is 0 Å². The second kappa shape index (κ2) is 8.05. The van der Waals surface area contributed by atoms with Gasteiger partial charge >= 0.3 is 0 Å². The van der Waals surface area contributed by atoms with Crippen LogP contribution in [0.25, 0.3) is 5.69 Å². The fourth-order valence-electron chi connectivity index (χ4n) is 2.39. The summed E-state index contributed by atoms with van der Waals surface area (Å²) >= 11 is 5.50. The number of aliphatic hydroxyl groups excluding tert-OH is 1. The Bertz CT molecular complexity index is 593. The fraction of sp³-hybridized carbons (Fsp3) is 0.533. The summed E-state index contributed by atoms with van der Waals surface area (Å²) in [5.74, 6) is 0. The lowest BCUT2D eigenvalue weighted by Crippen LogP contribution is -2.13. The van der Waals surface area contributed by atoms with Gasteiger partial charge in [-0.3, -0.25) is 0 Å². The lowest BCUT2D eigenvalue weighted by atomic mass is 10.1. The van der Waals surface area contributed by atoms with Crippen LogP contribution < -0.4 is 0 Å². The predicted octanol–water partition coefficient (Wildman–Crippen LogP) is 3.30. The molecular formula is C15H22N4OS. The van der Waals surface area contributed by atoms with Crippen LogP contribution in [0.3, 0.4) is 0 Å². The molecule has 2 rings (SSSR count). The van der Waals surface area contributed by atoms with E-state index in [4.69, 9.17) is 12.2 Å². The predicted molar refractivity (Wildman–Crippen MR) is 85.1 cm³/mol. The first-order valence-electron chi connectivity index (χ1n) is 7.48. The maximum atomic E-state index is 9.27. The largest absolute Gasteiger partial charge is 0.396 e. The number of aromatic nitrogens is 4. The molecule has 1 heterocycles. The van der Waals surface area contributed by atoms with Crippen molar-refractivity contribution in [1.82, 2.24) is 19.8 Å². The van der Waals surface area contributed by atoms with E-state index in [9.17, 15) is 5.11 Å². The average Bonchev–Trinajstić information content (AvgIpc) is 2.89. The third kappa shape index (κ3) is 3.98. The van der Waals surface area contributed by atoms with Crippen LogP contribution in [-0.2, 0) is 0 Å². The molecule has 1 aromatic carbocycles. The summed E-state index contributed by atoms with van der Waals surface area (Å²) in [7, 11) is 0. The minimum atomic E-state index is 0.117. The van der Waals surface area contributed by atoms with Crippen LogP contribution >= 0.6 is 12.2 Å². The van der Waals surface area contributed by atoms with Crippen molar-refractivity contribution >= 4 is 12.2 Å². The van der Waals surface area contributed by atoms with E-state index < -0.39 is 0 Å². The third-order valence-electron chi connectivity index (χ3n) is 3.55. The molecule has 0 aliphatic carbocycles. The Labute approximate surface area is 130 Å². The quantitative estimate of drug-likeness (QED) is 0.600. The van der Waals surface area contributed by atoms with E-state index in [1.165, 1.54) is 12.8 Å². The van der Waals surface area contributed by atoms with E-state index in [2.05, 4.69) is 17.4 Å². The molecule has 0 unspecified atom stereocenters. The fourth-order valence-corrected chi connectivity index (χ4v) is 2.71. The van der Waals surface area contributed by atoms with Gasteiger partial charge in [0.15, 0.2) is 0 Å². The van der Waals surface area contributed by atoms with Crippen molar-refractivity contribution in [1.29, 1.82) is 0 Å². The van der Waals surface area contributed by atoms with Crippen LogP contribution in [0, 0.1) is 4.77 Å². The first-order valence-corrected chi connectivity index (χ1v) is 7.89. The monoisotopic (exact) mass is 306 g/mol. The molecule has 5 nitrogen and oxygen atoms in total. The van der Waals surface area contributed by atoms with E-state index in [1.807, 2.05) is 30.3 Å². The number of benzene rings is 1. The molecule has 0 saturated carbocycles. The Morgan fingerprint density at radius 2 is 1.90 bits per heavy atom. The highest BCUT2D eigenvalue weighted by Crippen LogP contribution is 2.19. The smallest absolute Gasteiger partial charge is 0.220 e. The van der Waals surface area contributed by atoms with Crippen LogP contribution in [0.4, 0.5) is 0 Å². The minimum absolute atomic E-state index is 0.117. The number of hydrogen-bond donors (Lipinski definition) is 1. The summed E-state index contributed by atoms with van der Waals surface area (Å²) < 4.78 is 4.02. The number of rotatable bonds is 8. The topological polar surface area (TPSA) is 55.9 Å². The van der Waals surface area contributed by atoms with E-state index in [1.54, 1.807) is 9.36 Å². The standard InChI is InChI=1S/C15H22N4OS/c1-2-3-5-8-14(11-12-20)19-15(21)18(16-17-19)13-9-6-4-7-10-13/h4,6-7,9-10,14,20H,2-3,5,8,11-12H2,1H3/t14-/m1/s1. The van der Waals surface area contributed by atoms with Crippen LogP contribution in [-0.4, -0.2) is 31.5 Å². The summed E-state index contributed by atoms with van der Waals surface area (Å²) in [4.78, 5) is 0. The molecular weight excluding hydrogens is 284 g/mol. The van der Waals surface area contributed by atoms with E-state index in [0.717, 1.165) is 18.5 Å². The van der Waals surface area contributed by atoms with E-state index in [0.29, 0.717) is 11.2 Å². The average molecular weight is 306 g/mol. The van der Waals surface area contributed by atoms with Crippen molar-refractivity contribution in [2.75, 3.05) is 6.61 Å². The molecule has 0 spiro atoms. The Morgan fingerprint density at radius 3 is 2.57 bits per heavy atom. The molecule has 0 saturated heterocycles. The van der Waals surface area contributed by atoms with Crippen molar-refractivity contribution in [2.24, 2.45) is 0 Å². The van der Waals surface area contributed by atoms with Crippen LogP contribution in [0.15, 0.2) is 30.3 Å². The summed E-state index contributed by atoms with van der Waals surface area (Å²) in [5, 5.41) is 17.6. The van der Waals surface area contributed by atoms with Crippen molar-refractivity contribution in [2.45, 2.75) is 45.1 Å². The lowest BCUT2D eigenvalue weighted by Gasteiger charge is -2.14. The van der Waals surface area contributed by atoms with Gasteiger partial charge in [0.25, 0.3) is 0 Å². The number of aliphatic hydroxyl groups is 1. The zero-order valence-corrected chi connectivity index (χ0v) is 13.2. The summed E-state index contributed by atoms with van der Waals surface area (Å²) in [6, 6.07) is 9.87. The van der Waals surface area contributed by atoms with Crippen LogP contribution in [0.5, 0.6) is 0 Å². The second-order valence-corrected chi connectivity index (χ2v) is 5.48. The minimum Gasteiger partial charge on any atom is -0.396 e. The summed E-state index contributed by atoms with van der Waals surface area (Å²) in [6.45, 7) is 2.31. The molecule has 6 heteroatoms. The number of tetrazole rings is 1. The van der Waals surface area contributed by atoms with Crippen molar-refractivity contribution < 1.29 is 5.11 Å². The number of hydrogen-bond acceptors (Lipinski definition) is 4. The molecule has 0 amide bonds. The highest BCUT2D eigenvalue weighted by molar-refractivity contribution is 7.71. The van der Waals surface area contributed by atoms with Gasteiger partial charge in [0.2, 0.25) is 4.77 Å². The first-order chi connectivity index (χ1) is 10.3. The Hall–Kier alpha value is -1.53. The van der Waals surface area contributed by atoms with E-state index in [-0.39, 0.29) is 12.6 Å². The summed E-state index contributed by atoms with van der Waals surface area (Å²) in [6.07, 6.45) is 5.10. The normalized spacial score (nSPS) is 12.5. The second-order valence-electron chi connectivity index (χ2n) is 5.12. The van der Waals surface area contributed by atoms with Gasteiger partial charge < -0.3 is 5.11 Å². The van der Waals surface area contributed by atoms with Gasteiger partial charge in [0, 0.05) is 6.61 Å². The molecule has 0 aliphatic heterocycles. The maximum Gasteiger partial charge on any atom is 0.220 e. The number of unbranched alkanes of at least 4 members (excludes halogenated alkanes) is 2. The molecule has 21 heavy (non-hydrogen) atoms. The molecule has 0 radical (unpaired) electrons. The molecule has 2 aromatic rings. The van der Waals surface area contributed by atoms with Gasteiger partial charge in [-0.1, -0.05) is 44.4 Å². The van der Waals surface area contributed by atoms with Gasteiger partial charge in [-0.2, -0.15) is 4.68 Å². The Kier molecular flexibility index (Phi) is 6.07. The highest BCUT2D eigenvalue weighted by atomic mass is 32.1. The molecule has 1 aromatic heterocycles. The molecule has 1 atom stereocenters. The number of para-hydroxylation sites is 1. The summed E-state index contributed by atoms with van der Waals surface area (Å²) in [5.41, 5.74) is 0.907. The Morgan fingerprint density at radius 1 is 1.14 bits per heavy atom. The van der Waals surface area contributed by atoms with Gasteiger partial charge in [0.05, 0.1) is 11.7 Å². The SMILES string of the molecule is CCCCC[C@H](CCO)n1nnn(-c2ccccc2)c1=S. The highest BCUT2D eigenvalue weighted by Gasteiger charge is 2.15. The third-order valence-corrected chi connectivity index (χ3v) is 3.91. The van der Waals surface area contributed by atoms with Gasteiger partial charge in [-0.15, -0.1) is 0 Å². The zero-order valence-electron chi connectivity index (χ0n) is 12.4.